The third kappa shape index (κ3) is 2.42. The maximum atomic E-state index is 9.70. The van der Waals surface area contributed by atoms with Gasteiger partial charge in [-0.05, 0) is 43.0 Å². The summed E-state index contributed by atoms with van der Waals surface area (Å²) in [6.45, 7) is 5.70. The highest BCUT2D eigenvalue weighted by atomic mass is 16.3. The first-order valence-electron chi connectivity index (χ1n) is 7.46. The van der Waals surface area contributed by atoms with Crippen molar-refractivity contribution in [2.45, 2.75) is 38.4 Å². The predicted octanol–water partition coefficient (Wildman–Crippen LogP) is 1.92. The first-order chi connectivity index (χ1) is 9.31. The monoisotopic (exact) mass is 260 g/mol. The molecule has 19 heavy (non-hydrogen) atoms. The van der Waals surface area contributed by atoms with Crippen LogP contribution in [-0.2, 0) is 6.54 Å². The SMILES string of the molecule is CC1CCN(C2CCNCc3ccccc32)C1CO. The third-order valence-corrected chi connectivity index (χ3v) is 4.84. The van der Waals surface area contributed by atoms with E-state index in [1.54, 1.807) is 0 Å². The topological polar surface area (TPSA) is 35.5 Å². The molecule has 2 aliphatic heterocycles. The Morgan fingerprint density at radius 1 is 1.32 bits per heavy atom. The Morgan fingerprint density at radius 2 is 2.16 bits per heavy atom. The molecule has 1 aromatic carbocycles. The van der Waals surface area contributed by atoms with Crippen molar-refractivity contribution in [3.63, 3.8) is 0 Å². The lowest BCUT2D eigenvalue weighted by molar-refractivity contribution is 0.0989. The number of benzene rings is 1. The Hall–Kier alpha value is -0.900. The van der Waals surface area contributed by atoms with Crippen molar-refractivity contribution in [2.24, 2.45) is 5.92 Å². The number of aliphatic hydroxyl groups is 1. The molecule has 2 aliphatic rings. The fraction of sp³-hybridized carbons (Fsp3) is 0.625. The van der Waals surface area contributed by atoms with Crippen molar-refractivity contribution in [3.8, 4) is 0 Å². The van der Waals surface area contributed by atoms with Crippen molar-refractivity contribution in [1.29, 1.82) is 0 Å². The molecule has 104 valence electrons. The summed E-state index contributed by atoms with van der Waals surface area (Å²) in [6.07, 6.45) is 2.34. The Bertz CT molecular complexity index is 435. The van der Waals surface area contributed by atoms with Crippen LogP contribution >= 0.6 is 0 Å². The van der Waals surface area contributed by atoms with Crippen LogP contribution in [0, 0.1) is 5.92 Å². The number of hydrogen-bond donors (Lipinski definition) is 2. The van der Waals surface area contributed by atoms with E-state index in [2.05, 4.69) is 41.4 Å². The normalized spacial score (nSPS) is 32.0. The van der Waals surface area contributed by atoms with E-state index < -0.39 is 0 Å². The number of aliphatic hydroxyl groups excluding tert-OH is 1. The minimum absolute atomic E-state index is 0.285. The highest BCUT2D eigenvalue weighted by Crippen LogP contribution is 2.36. The van der Waals surface area contributed by atoms with Crippen LogP contribution in [0.4, 0.5) is 0 Å². The number of rotatable bonds is 2. The molecule has 3 atom stereocenters. The van der Waals surface area contributed by atoms with Crippen LogP contribution < -0.4 is 5.32 Å². The molecule has 2 N–H and O–H groups in total. The Labute approximate surface area is 115 Å². The van der Waals surface area contributed by atoms with Gasteiger partial charge in [-0.1, -0.05) is 31.2 Å². The summed E-state index contributed by atoms with van der Waals surface area (Å²) in [5, 5.41) is 13.2. The molecule has 0 amide bonds. The summed E-state index contributed by atoms with van der Waals surface area (Å²) in [5.41, 5.74) is 2.88. The largest absolute Gasteiger partial charge is 0.395 e. The summed E-state index contributed by atoms with van der Waals surface area (Å²) in [5.74, 6) is 0.605. The van der Waals surface area contributed by atoms with Gasteiger partial charge in [0, 0.05) is 18.6 Å². The van der Waals surface area contributed by atoms with E-state index in [1.807, 2.05) is 0 Å². The van der Waals surface area contributed by atoms with Crippen molar-refractivity contribution < 1.29 is 5.11 Å². The highest BCUT2D eigenvalue weighted by molar-refractivity contribution is 5.31. The first kappa shape index (κ1) is 13.1. The van der Waals surface area contributed by atoms with Crippen molar-refractivity contribution in [1.82, 2.24) is 10.2 Å². The molecule has 1 aromatic rings. The van der Waals surface area contributed by atoms with Crippen LogP contribution in [0.1, 0.15) is 36.9 Å². The van der Waals surface area contributed by atoms with Gasteiger partial charge in [-0.3, -0.25) is 4.90 Å². The van der Waals surface area contributed by atoms with Crippen molar-refractivity contribution in [3.05, 3.63) is 35.4 Å². The van der Waals surface area contributed by atoms with Crippen LogP contribution in [0.2, 0.25) is 0 Å². The Morgan fingerprint density at radius 3 is 3.00 bits per heavy atom. The molecule has 2 heterocycles. The second kappa shape index (κ2) is 5.61. The molecule has 3 rings (SSSR count). The number of hydrogen-bond acceptors (Lipinski definition) is 3. The highest BCUT2D eigenvalue weighted by Gasteiger charge is 2.36. The zero-order chi connectivity index (χ0) is 13.2. The maximum absolute atomic E-state index is 9.70. The average Bonchev–Trinajstić information content (AvgIpc) is 2.68. The van der Waals surface area contributed by atoms with Crippen LogP contribution in [-0.4, -0.2) is 35.7 Å². The minimum Gasteiger partial charge on any atom is -0.395 e. The average molecular weight is 260 g/mol. The molecule has 3 nitrogen and oxygen atoms in total. The molecule has 0 aromatic heterocycles. The van der Waals surface area contributed by atoms with Crippen LogP contribution in [0.25, 0.3) is 0 Å². The molecule has 0 saturated carbocycles. The van der Waals surface area contributed by atoms with Gasteiger partial charge in [0.05, 0.1) is 6.61 Å². The van der Waals surface area contributed by atoms with Gasteiger partial charge in [0.25, 0.3) is 0 Å². The fourth-order valence-electron chi connectivity index (χ4n) is 3.69. The summed E-state index contributed by atoms with van der Waals surface area (Å²) < 4.78 is 0. The molecular weight excluding hydrogens is 236 g/mol. The lowest BCUT2D eigenvalue weighted by Gasteiger charge is -2.34. The van der Waals surface area contributed by atoms with Crippen LogP contribution in [0.5, 0.6) is 0 Å². The van der Waals surface area contributed by atoms with Gasteiger partial charge in [-0.15, -0.1) is 0 Å². The second-order valence-electron chi connectivity index (χ2n) is 5.93. The van der Waals surface area contributed by atoms with Gasteiger partial charge in [-0.25, -0.2) is 0 Å². The molecule has 3 unspecified atom stereocenters. The molecule has 0 radical (unpaired) electrons. The Balaban J connectivity index is 1.92. The zero-order valence-electron chi connectivity index (χ0n) is 11.7. The van der Waals surface area contributed by atoms with Crippen molar-refractivity contribution >= 4 is 0 Å². The van der Waals surface area contributed by atoms with E-state index in [1.165, 1.54) is 17.5 Å². The molecule has 3 heteroatoms. The quantitative estimate of drug-likeness (QED) is 0.853. The second-order valence-corrected chi connectivity index (χ2v) is 5.93. The Kier molecular flexibility index (Phi) is 3.87. The summed E-state index contributed by atoms with van der Waals surface area (Å²) >= 11 is 0. The van der Waals surface area contributed by atoms with E-state index in [-0.39, 0.29) is 6.61 Å². The zero-order valence-corrected chi connectivity index (χ0v) is 11.7. The van der Waals surface area contributed by atoms with Crippen molar-refractivity contribution in [2.75, 3.05) is 19.7 Å². The van der Waals surface area contributed by atoms with E-state index >= 15 is 0 Å². The van der Waals surface area contributed by atoms with Gasteiger partial charge < -0.3 is 10.4 Å². The number of nitrogens with zero attached hydrogens (tertiary/aromatic N) is 1. The predicted molar refractivity (Wildman–Crippen MR) is 76.9 cm³/mol. The molecule has 1 saturated heterocycles. The maximum Gasteiger partial charge on any atom is 0.0589 e. The fourth-order valence-corrected chi connectivity index (χ4v) is 3.69. The number of likely N-dealkylation sites (tertiary alicyclic amines) is 1. The van der Waals surface area contributed by atoms with Crippen LogP contribution in [0.15, 0.2) is 24.3 Å². The number of fused-ring (bicyclic) bond motifs is 1. The van der Waals surface area contributed by atoms with E-state index in [0.717, 1.165) is 26.1 Å². The van der Waals surface area contributed by atoms with Gasteiger partial charge in [-0.2, -0.15) is 0 Å². The van der Waals surface area contributed by atoms with E-state index in [9.17, 15) is 5.11 Å². The lowest BCUT2D eigenvalue weighted by Crippen LogP contribution is -2.38. The lowest BCUT2D eigenvalue weighted by atomic mass is 9.96. The summed E-state index contributed by atoms with van der Waals surface area (Å²) in [4.78, 5) is 2.54. The summed E-state index contributed by atoms with van der Waals surface area (Å²) in [6, 6.07) is 9.56. The standard InChI is InChI=1S/C16H24N2O/c1-12-7-9-18(16(12)11-19)15-6-8-17-10-13-4-2-3-5-14(13)15/h2-5,12,15-17,19H,6-11H2,1H3. The minimum atomic E-state index is 0.285. The first-order valence-corrected chi connectivity index (χ1v) is 7.46. The third-order valence-electron chi connectivity index (χ3n) is 4.84. The van der Waals surface area contributed by atoms with E-state index in [4.69, 9.17) is 0 Å². The molecule has 0 bridgehead atoms. The van der Waals surface area contributed by atoms with Gasteiger partial charge >= 0.3 is 0 Å². The van der Waals surface area contributed by atoms with Gasteiger partial charge in [0.2, 0.25) is 0 Å². The molecular formula is C16H24N2O. The molecule has 0 aliphatic carbocycles. The summed E-state index contributed by atoms with van der Waals surface area (Å²) in [7, 11) is 0. The van der Waals surface area contributed by atoms with Gasteiger partial charge in [0.1, 0.15) is 0 Å². The molecule has 1 fully saturated rings. The van der Waals surface area contributed by atoms with E-state index in [0.29, 0.717) is 18.0 Å². The number of nitrogens with one attached hydrogen (secondary N) is 1. The van der Waals surface area contributed by atoms with Crippen LogP contribution in [0.3, 0.4) is 0 Å². The smallest absolute Gasteiger partial charge is 0.0589 e. The van der Waals surface area contributed by atoms with Gasteiger partial charge in [0.15, 0.2) is 0 Å². The molecule has 0 spiro atoms.